The Morgan fingerprint density at radius 2 is 2.25 bits per heavy atom. The fourth-order valence-corrected chi connectivity index (χ4v) is 1.44. The first kappa shape index (κ1) is 12.7. The number of hydrogen-bond donors (Lipinski definition) is 2. The SMILES string of the molecule is COC(=O)Cc1ccc(C(=N)CO)cc1Cl. The van der Waals surface area contributed by atoms with Gasteiger partial charge in [0.15, 0.2) is 0 Å². The van der Waals surface area contributed by atoms with Crippen LogP contribution in [0, 0.1) is 5.41 Å². The molecule has 16 heavy (non-hydrogen) atoms. The van der Waals surface area contributed by atoms with Gasteiger partial charge in [-0.25, -0.2) is 0 Å². The molecule has 0 radical (unpaired) electrons. The van der Waals surface area contributed by atoms with Gasteiger partial charge in [-0.2, -0.15) is 0 Å². The van der Waals surface area contributed by atoms with E-state index in [1.54, 1.807) is 18.2 Å². The highest BCUT2D eigenvalue weighted by Crippen LogP contribution is 2.19. The third-order valence-corrected chi connectivity index (χ3v) is 2.47. The van der Waals surface area contributed by atoms with Crippen molar-refractivity contribution in [1.29, 1.82) is 5.41 Å². The van der Waals surface area contributed by atoms with E-state index in [-0.39, 0.29) is 24.7 Å². The quantitative estimate of drug-likeness (QED) is 0.619. The van der Waals surface area contributed by atoms with Crippen molar-refractivity contribution in [1.82, 2.24) is 0 Å². The van der Waals surface area contributed by atoms with Crippen LogP contribution in [0.15, 0.2) is 18.2 Å². The van der Waals surface area contributed by atoms with Gasteiger partial charge in [-0.1, -0.05) is 23.7 Å². The lowest BCUT2D eigenvalue weighted by molar-refractivity contribution is -0.139. The summed E-state index contributed by atoms with van der Waals surface area (Å²) >= 11 is 5.95. The van der Waals surface area contributed by atoms with Gasteiger partial charge in [0.25, 0.3) is 0 Å². The Hall–Kier alpha value is -1.39. The van der Waals surface area contributed by atoms with Crippen LogP contribution in [0.5, 0.6) is 0 Å². The number of benzene rings is 1. The van der Waals surface area contributed by atoms with Crippen molar-refractivity contribution in [2.75, 3.05) is 13.7 Å². The lowest BCUT2D eigenvalue weighted by Gasteiger charge is -2.06. The average Bonchev–Trinajstić information content (AvgIpc) is 2.30. The number of aliphatic hydroxyl groups is 1. The Bertz CT molecular complexity index is 418. The van der Waals surface area contributed by atoms with Gasteiger partial charge in [0.1, 0.15) is 0 Å². The van der Waals surface area contributed by atoms with Crippen LogP contribution in [0.2, 0.25) is 5.02 Å². The van der Waals surface area contributed by atoms with Gasteiger partial charge in [0.2, 0.25) is 0 Å². The summed E-state index contributed by atoms with van der Waals surface area (Å²) in [6.07, 6.45) is 0.0993. The van der Waals surface area contributed by atoms with E-state index in [2.05, 4.69) is 4.74 Å². The molecule has 0 aliphatic carbocycles. The molecule has 1 aromatic rings. The second kappa shape index (κ2) is 5.63. The zero-order valence-electron chi connectivity index (χ0n) is 8.79. The van der Waals surface area contributed by atoms with E-state index in [1.807, 2.05) is 0 Å². The summed E-state index contributed by atoms with van der Waals surface area (Å²) in [5.41, 5.74) is 1.27. The van der Waals surface area contributed by atoms with Crippen LogP contribution in [0.3, 0.4) is 0 Å². The number of ether oxygens (including phenoxy) is 1. The van der Waals surface area contributed by atoms with Crippen molar-refractivity contribution < 1.29 is 14.6 Å². The predicted octanol–water partition coefficient (Wildman–Crippen LogP) is 1.42. The van der Waals surface area contributed by atoms with E-state index < -0.39 is 0 Å². The second-order valence-corrected chi connectivity index (χ2v) is 3.60. The molecular formula is C11H12ClNO3. The number of aliphatic hydroxyl groups excluding tert-OH is 1. The zero-order valence-corrected chi connectivity index (χ0v) is 9.54. The summed E-state index contributed by atoms with van der Waals surface area (Å²) in [5, 5.41) is 16.6. The first-order chi connectivity index (χ1) is 7.58. The molecule has 0 saturated carbocycles. The third kappa shape index (κ3) is 3.05. The van der Waals surface area contributed by atoms with Gasteiger partial charge in [-0.05, 0) is 17.2 Å². The second-order valence-electron chi connectivity index (χ2n) is 3.20. The molecule has 0 saturated heterocycles. The summed E-state index contributed by atoms with van der Waals surface area (Å²) in [6.45, 7) is -0.341. The number of carbonyl (C=O) groups is 1. The number of rotatable bonds is 4. The van der Waals surface area contributed by atoms with Gasteiger partial charge in [-0.3, -0.25) is 4.79 Å². The van der Waals surface area contributed by atoms with Crippen LogP contribution in [0.25, 0.3) is 0 Å². The number of hydrogen-bond acceptors (Lipinski definition) is 4. The van der Waals surface area contributed by atoms with E-state index in [4.69, 9.17) is 22.1 Å². The van der Waals surface area contributed by atoms with E-state index >= 15 is 0 Å². The molecule has 86 valence electrons. The Balaban J connectivity index is 2.91. The van der Waals surface area contributed by atoms with Crippen LogP contribution in [0.4, 0.5) is 0 Å². The van der Waals surface area contributed by atoms with Gasteiger partial charge < -0.3 is 15.3 Å². The molecule has 5 heteroatoms. The number of carbonyl (C=O) groups excluding carboxylic acids is 1. The lowest BCUT2D eigenvalue weighted by Crippen LogP contribution is -2.07. The van der Waals surface area contributed by atoms with Crippen LogP contribution in [0.1, 0.15) is 11.1 Å². The highest BCUT2D eigenvalue weighted by atomic mass is 35.5. The van der Waals surface area contributed by atoms with E-state index in [9.17, 15) is 4.79 Å². The first-order valence-electron chi connectivity index (χ1n) is 4.62. The summed E-state index contributed by atoms with van der Waals surface area (Å²) in [7, 11) is 1.31. The molecule has 0 aromatic heterocycles. The highest BCUT2D eigenvalue weighted by molar-refractivity contribution is 6.32. The number of nitrogens with one attached hydrogen (secondary N) is 1. The largest absolute Gasteiger partial charge is 0.469 e. The van der Waals surface area contributed by atoms with Crippen molar-refractivity contribution in [3.05, 3.63) is 34.3 Å². The minimum absolute atomic E-state index is 0.0894. The third-order valence-electron chi connectivity index (χ3n) is 2.12. The molecule has 0 fully saturated rings. The number of methoxy groups -OCH3 is 1. The normalized spacial score (nSPS) is 9.94. The van der Waals surface area contributed by atoms with E-state index in [0.29, 0.717) is 16.1 Å². The molecule has 0 heterocycles. The van der Waals surface area contributed by atoms with Gasteiger partial charge in [-0.15, -0.1) is 0 Å². The molecular weight excluding hydrogens is 230 g/mol. The molecule has 2 N–H and O–H groups in total. The molecule has 0 unspecified atom stereocenters. The standard InChI is InChI=1S/C11H12ClNO3/c1-16-11(15)5-7-2-3-8(4-9(7)12)10(13)6-14/h2-4,13-14H,5-6H2,1H3. The Morgan fingerprint density at radius 1 is 1.56 bits per heavy atom. The molecule has 0 spiro atoms. The van der Waals surface area contributed by atoms with Gasteiger partial charge >= 0.3 is 5.97 Å². The number of halogens is 1. The lowest BCUT2D eigenvalue weighted by atomic mass is 10.1. The molecule has 0 aliphatic rings. The van der Waals surface area contributed by atoms with Gasteiger partial charge in [0, 0.05) is 5.02 Å². The fourth-order valence-electron chi connectivity index (χ4n) is 1.20. The molecule has 4 nitrogen and oxygen atoms in total. The van der Waals surface area contributed by atoms with E-state index in [0.717, 1.165) is 0 Å². The van der Waals surface area contributed by atoms with Gasteiger partial charge in [0.05, 0.1) is 25.8 Å². The van der Waals surface area contributed by atoms with Crippen molar-refractivity contribution in [2.24, 2.45) is 0 Å². The summed E-state index contributed by atoms with van der Waals surface area (Å²) in [4.78, 5) is 11.0. The maximum atomic E-state index is 11.0. The molecule has 0 atom stereocenters. The maximum absolute atomic E-state index is 11.0. The summed E-state index contributed by atoms with van der Waals surface area (Å²) < 4.78 is 4.53. The van der Waals surface area contributed by atoms with Crippen molar-refractivity contribution in [3.8, 4) is 0 Å². The van der Waals surface area contributed by atoms with Crippen LogP contribution < -0.4 is 0 Å². The summed E-state index contributed by atoms with van der Waals surface area (Å²) in [5.74, 6) is -0.369. The van der Waals surface area contributed by atoms with Crippen LogP contribution >= 0.6 is 11.6 Å². The topological polar surface area (TPSA) is 70.4 Å². The highest BCUT2D eigenvalue weighted by Gasteiger charge is 2.09. The monoisotopic (exact) mass is 241 g/mol. The molecule has 1 aromatic carbocycles. The predicted molar refractivity (Wildman–Crippen MR) is 61.1 cm³/mol. The Kier molecular flexibility index (Phi) is 4.46. The molecule has 0 bridgehead atoms. The number of esters is 1. The van der Waals surface area contributed by atoms with Crippen LogP contribution in [-0.2, 0) is 16.0 Å². The average molecular weight is 242 g/mol. The smallest absolute Gasteiger partial charge is 0.310 e. The van der Waals surface area contributed by atoms with E-state index in [1.165, 1.54) is 7.11 Å². The minimum Gasteiger partial charge on any atom is -0.469 e. The minimum atomic E-state index is -0.369. The molecule has 0 amide bonds. The summed E-state index contributed by atoms with van der Waals surface area (Å²) in [6, 6.07) is 4.85. The van der Waals surface area contributed by atoms with Crippen molar-refractivity contribution in [2.45, 2.75) is 6.42 Å². The Labute approximate surface area is 98.3 Å². The Morgan fingerprint density at radius 3 is 2.75 bits per heavy atom. The maximum Gasteiger partial charge on any atom is 0.310 e. The van der Waals surface area contributed by atoms with Crippen molar-refractivity contribution >= 4 is 23.3 Å². The zero-order chi connectivity index (χ0) is 12.1. The van der Waals surface area contributed by atoms with Crippen molar-refractivity contribution in [3.63, 3.8) is 0 Å². The molecule has 1 rings (SSSR count). The first-order valence-corrected chi connectivity index (χ1v) is 5.00. The molecule has 0 aliphatic heterocycles. The fraction of sp³-hybridized carbons (Fsp3) is 0.273. The van der Waals surface area contributed by atoms with Crippen LogP contribution in [-0.4, -0.2) is 30.5 Å².